The van der Waals surface area contributed by atoms with Crippen molar-refractivity contribution in [1.29, 1.82) is 0 Å². The first-order valence-corrected chi connectivity index (χ1v) is 9.84. The van der Waals surface area contributed by atoms with E-state index in [4.69, 9.17) is 14.2 Å². The number of nitrogens with one attached hydrogen (secondary N) is 1. The molecule has 1 amide bonds. The predicted molar refractivity (Wildman–Crippen MR) is 109 cm³/mol. The van der Waals surface area contributed by atoms with Crippen LogP contribution in [-0.2, 0) is 9.53 Å². The van der Waals surface area contributed by atoms with Gasteiger partial charge in [-0.05, 0) is 44.9 Å². The molecule has 0 spiro atoms. The molecule has 2 unspecified atom stereocenters. The number of benzene rings is 1. The van der Waals surface area contributed by atoms with Crippen LogP contribution < -0.4 is 14.8 Å². The van der Waals surface area contributed by atoms with Crippen LogP contribution in [0.2, 0.25) is 0 Å². The van der Waals surface area contributed by atoms with Gasteiger partial charge in [0.15, 0.2) is 17.2 Å². The van der Waals surface area contributed by atoms with E-state index in [9.17, 15) is 13.6 Å². The molecule has 10 heteroatoms. The monoisotopic (exact) mass is 434 g/mol. The summed E-state index contributed by atoms with van der Waals surface area (Å²) in [5.74, 6) is -1.96. The van der Waals surface area contributed by atoms with Crippen LogP contribution in [0.4, 0.5) is 14.5 Å². The van der Waals surface area contributed by atoms with Crippen LogP contribution in [-0.4, -0.2) is 46.4 Å². The summed E-state index contributed by atoms with van der Waals surface area (Å²) in [6.07, 6.45) is 3.21. The maximum atomic E-state index is 12.7. The molecule has 1 aromatic carbocycles. The number of ether oxygens (including phenoxy) is 3. The van der Waals surface area contributed by atoms with E-state index in [0.29, 0.717) is 24.0 Å². The second-order valence-corrected chi connectivity index (χ2v) is 6.82. The number of nitrogens with zero attached hydrogens (tertiary/aromatic N) is 3. The van der Waals surface area contributed by atoms with Crippen molar-refractivity contribution in [1.82, 2.24) is 14.6 Å². The van der Waals surface area contributed by atoms with Gasteiger partial charge in [-0.2, -0.15) is 4.39 Å². The molecule has 1 aliphatic heterocycles. The summed E-state index contributed by atoms with van der Waals surface area (Å²) in [4.78, 5) is 12.1. The lowest BCUT2D eigenvalue weighted by Crippen LogP contribution is -2.27. The number of rotatable bonds is 5. The van der Waals surface area contributed by atoms with Gasteiger partial charge in [-0.1, -0.05) is 11.2 Å². The number of carbonyl (C=O) groups excluding carboxylic acids is 1. The summed E-state index contributed by atoms with van der Waals surface area (Å²) in [6, 6.07) is 7.77. The molecule has 4 rings (SSSR count). The summed E-state index contributed by atoms with van der Waals surface area (Å²) < 4.78 is 42.2. The standard InChI is InChI=1S/C13H16N4O3.C8H8F2O/c1-8-3-4-10(20-8)12(18)14-9-5-6-17-11(7-9)15-16-13(17)19-2;1-2-11-7-5-3-4-6(9)8(7)10/h5-8,10H,3-4H2,1-2H3,(H,14,18);3-5H,2H2,1H3. The fourth-order valence-electron chi connectivity index (χ4n) is 3.06. The third-order valence-corrected chi connectivity index (χ3v) is 4.57. The van der Waals surface area contributed by atoms with Crippen LogP contribution in [0.5, 0.6) is 11.8 Å². The van der Waals surface area contributed by atoms with E-state index in [1.807, 2.05) is 6.92 Å². The van der Waals surface area contributed by atoms with E-state index in [1.54, 1.807) is 29.7 Å². The summed E-state index contributed by atoms with van der Waals surface area (Å²) >= 11 is 0. The predicted octanol–water partition coefficient (Wildman–Crippen LogP) is 3.61. The van der Waals surface area contributed by atoms with Gasteiger partial charge in [-0.3, -0.25) is 9.20 Å². The molecule has 0 bridgehead atoms. The van der Waals surface area contributed by atoms with E-state index < -0.39 is 11.6 Å². The van der Waals surface area contributed by atoms with Crippen molar-refractivity contribution in [3.63, 3.8) is 0 Å². The highest BCUT2D eigenvalue weighted by Gasteiger charge is 2.28. The molecule has 2 atom stereocenters. The van der Waals surface area contributed by atoms with Crippen LogP contribution >= 0.6 is 0 Å². The number of halogens is 2. The topological polar surface area (TPSA) is 87.0 Å². The first-order chi connectivity index (χ1) is 14.9. The van der Waals surface area contributed by atoms with E-state index >= 15 is 0 Å². The normalized spacial score (nSPS) is 17.7. The Bertz CT molecular complexity index is 1040. The van der Waals surface area contributed by atoms with Crippen LogP contribution in [0, 0.1) is 11.6 Å². The molecule has 0 radical (unpaired) electrons. The third kappa shape index (κ3) is 5.46. The Morgan fingerprint density at radius 3 is 2.77 bits per heavy atom. The molecule has 1 saturated heterocycles. The average Bonchev–Trinajstić information content (AvgIpc) is 3.37. The SMILES string of the molecule is CCOc1cccc(F)c1F.COc1nnc2cc(NC(=O)C3CCC(C)O3)ccn12. The minimum atomic E-state index is -0.922. The Morgan fingerprint density at radius 2 is 2.10 bits per heavy atom. The average molecular weight is 434 g/mol. The van der Waals surface area contributed by atoms with Gasteiger partial charge in [0.1, 0.15) is 6.10 Å². The number of hydrogen-bond donors (Lipinski definition) is 1. The second-order valence-electron chi connectivity index (χ2n) is 6.82. The molecule has 0 aliphatic carbocycles. The maximum Gasteiger partial charge on any atom is 0.321 e. The van der Waals surface area contributed by atoms with Gasteiger partial charge in [-0.25, -0.2) is 4.39 Å². The molecule has 3 aromatic rings. The Balaban J connectivity index is 0.000000210. The number of pyridine rings is 1. The lowest BCUT2D eigenvalue weighted by Gasteiger charge is -2.11. The fourth-order valence-corrected chi connectivity index (χ4v) is 3.06. The van der Waals surface area contributed by atoms with Crippen LogP contribution in [0.3, 0.4) is 0 Å². The largest absolute Gasteiger partial charge is 0.491 e. The second kappa shape index (κ2) is 10.2. The zero-order valence-electron chi connectivity index (χ0n) is 17.5. The van der Waals surface area contributed by atoms with Crippen molar-refractivity contribution in [2.24, 2.45) is 0 Å². The van der Waals surface area contributed by atoms with Gasteiger partial charge < -0.3 is 19.5 Å². The number of aromatic nitrogens is 3. The molecular formula is C21H24F2N4O4. The summed E-state index contributed by atoms with van der Waals surface area (Å²) in [5, 5.41) is 10.7. The number of fused-ring (bicyclic) bond motifs is 1. The molecule has 1 fully saturated rings. The van der Waals surface area contributed by atoms with Crippen molar-refractivity contribution in [2.75, 3.05) is 19.0 Å². The molecule has 3 heterocycles. The number of carbonyl (C=O) groups is 1. The third-order valence-electron chi connectivity index (χ3n) is 4.57. The Hall–Kier alpha value is -3.27. The molecular weight excluding hydrogens is 410 g/mol. The first kappa shape index (κ1) is 22.4. The van der Waals surface area contributed by atoms with E-state index in [0.717, 1.165) is 18.9 Å². The molecule has 1 aliphatic rings. The zero-order valence-corrected chi connectivity index (χ0v) is 17.5. The van der Waals surface area contributed by atoms with Crippen molar-refractivity contribution in [2.45, 2.75) is 38.9 Å². The Labute approximate surface area is 178 Å². The minimum Gasteiger partial charge on any atom is -0.491 e. The smallest absolute Gasteiger partial charge is 0.321 e. The van der Waals surface area contributed by atoms with Crippen LogP contribution in [0.25, 0.3) is 5.65 Å². The van der Waals surface area contributed by atoms with Crippen molar-refractivity contribution >= 4 is 17.2 Å². The fraction of sp³-hybridized carbons (Fsp3) is 0.381. The summed E-state index contributed by atoms with van der Waals surface area (Å²) in [5.41, 5.74) is 1.28. The minimum absolute atomic E-state index is 0.0347. The van der Waals surface area contributed by atoms with E-state index in [1.165, 1.54) is 19.2 Å². The molecule has 2 aromatic heterocycles. The van der Waals surface area contributed by atoms with Crippen LogP contribution in [0.15, 0.2) is 36.5 Å². The maximum absolute atomic E-state index is 12.7. The number of methoxy groups -OCH3 is 1. The van der Waals surface area contributed by atoms with Crippen molar-refractivity contribution in [3.8, 4) is 11.8 Å². The Kier molecular flexibility index (Phi) is 7.35. The zero-order chi connectivity index (χ0) is 22.4. The van der Waals surface area contributed by atoms with Gasteiger partial charge in [0.05, 0.1) is 19.8 Å². The Morgan fingerprint density at radius 1 is 1.29 bits per heavy atom. The van der Waals surface area contributed by atoms with Gasteiger partial charge in [0.25, 0.3) is 5.91 Å². The van der Waals surface area contributed by atoms with Gasteiger partial charge >= 0.3 is 6.01 Å². The van der Waals surface area contributed by atoms with E-state index in [-0.39, 0.29) is 23.9 Å². The first-order valence-electron chi connectivity index (χ1n) is 9.84. The molecule has 8 nitrogen and oxygen atoms in total. The molecule has 31 heavy (non-hydrogen) atoms. The lowest BCUT2D eigenvalue weighted by atomic mass is 10.2. The number of hydrogen-bond acceptors (Lipinski definition) is 6. The number of amides is 1. The van der Waals surface area contributed by atoms with Crippen molar-refractivity contribution < 1.29 is 27.8 Å². The summed E-state index contributed by atoms with van der Waals surface area (Å²) in [7, 11) is 1.53. The van der Waals surface area contributed by atoms with E-state index in [2.05, 4.69) is 15.5 Å². The molecule has 166 valence electrons. The highest BCUT2D eigenvalue weighted by Crippen LogP contribution is 2.22. The lowest BCUT2D eigenvalue weighted by molar-refractivity contribution is -0.126. The quantitative estimate of drug-likeness (QED) is 0.660. The van der Waals surface area contributed by atoms with Gasteiger partial charge in [0.2, 0.25) is 5.82 Å². The highest BCUT2D eigenvalue weighted by atomic mass is 19.2. The van der Waals surface area contributed by atoms with Gasteiger partial charge in [-0.15, -0.1) is 5.10 Å². The highest BCUT2D eigenvalue weighted by molar-refractivity contribution is 5.94. The van der Waals surface area contributed by atoms with Gasteiger partial charge in [0, 0.05) is 18.0 Å². The van der Waals surface area contributed by atoms with Crippen LogP contribution in [0.1, 0.15) is 26.7 Å². The molecule has 0 saturated carbocycles. The number of anilines is 1. The molecule has 1 N–H and O–H groups in total. The van der Waals surface area contributed by atoms with Crippen molar-refractivity contribution in [3.05, 3.63) is 48.2 Å². The summed E-state index contributed by atoms with van der Waals surface area (Å²) in [6.45, 7) is 4.02.